The van der Waals surface area contributed by atoms with Gasteiger partial charge >= 0.3 is 6.03 Å². The summed E-state index contributed by atoms with van der Waals surface area (Å²) in [7, 11) is 3.98. The van der Waals surface area contributed by atoms with E-state index in [-0.39, 0.29) is 18.1 Å². The van der Waals surface area contributed by atoms with Crippen LogP contribution in [0.3, 0.4) is 0 Å². The normalized spacial score (nSPS) is 18.6. The molecule has 5 nitrogen and oxygen atoms in total. The number of likely N-dealkylation sites (tertiary alicyclic amines) is 1. The van der Waals surface area contributed by atoms with Crippen LogP contribution in [0.15, 0.2) is 30.5 Å². The van der Waals surface area contributed by atoms with E-state index >= 15 is 0 Å². The maximum atomic E-state index is 12.8. The van der Waals surface area contributed by atoms with Crippen molar-refractivity contribution in [3.8, 4) is 11.3 Å². The van der Waals surface area contributed by atoms with Gasteiger partial charge < -0.3 is 15.1 Å². The predicted molar refractivity (Wildman–Crippen MR) is 127 cm³/mol. The van der Waals surface area contributed by atoms with Crippen molar-refractivity contribution in [2.45, 2.75) is 50.6 Å². The van der Waals surface area contributed by atoms with Gasteiger partial charge in [0.05, 0.1) is 21.8 Å². The van der Waals surface area contributed by atoms with E-state index in [0.29, 0.717) is 16.0 Å². The lowest BCUT2D eigenvalue weighted by atomic mass is 10.0. The third kappa shape index (κ3) is 5.00. The van der Waals surface area contributed by atoms with E-state index in [1.54, 1.807) is 0 Å². The monoisotopic (exact) mass is 460 g/mol. The first-order valence-corrected chi connectivity index (χ1v) is 11.8. The summed E-state index contributed by atoms with van der Waals surface area (Å²) >= 11 is 13.3. The van der Waals surface area contributed by atoms with Crippen molar-refractivity contribution in [3.05, 3.63) is 51.6 Å². The second-order valence-electron chi connectivity index (χ2n) is 8.90. The van der Waals surface area contributed by atoms with E-state index in [1.165, 1.54) is 18.4 Å². The van der Waals surface area contributed by atoms with Crippen molar-refractivity contribution in [1.29, 1.82) is 0 Å². The van der Waals surface area contributed by atoms with Crippen LogP contribution >= 0.6 is 23.2 Å². The molecular formula is C24H30Cl2N4O. The number of hydrogen-bond acceptors (Lipinski definition) is 3. The fourth-order valence-electron chi connectivity index (χ4n) is 4.23. The highest BCUT2D eigenvalue weighted by Gasteiger charge is 2.26. The molecule has 2 fully saturated rings. The molecule has 31 heavy (non-hydrogen) atoms. The molecule has 1 aliphatic heterocycles. The Morgan fingerprint density at radius 1 is 1.13 bits per heavy atom. The zero-order chi connectivity index (χ0) is 22.1. The Labute approximate surface area is 194 Å². The molecule has 1 saturated heterocycles. The summed E-state index contributed by atoms with van der Waals surface area (Å²) in [6.07, 6.45) is 6.41. The van der Waals surface area contributed by atoms with Gasteiger partial charge in [0, 0.05) is 24.8 Å². The number of aromatic nitrogens is 1. The average molecular weight is 461 g/mol. The van der Waals surface area contributed by atoms with Crippen LogP contribution in [0, 0.1) is 0 Å². The quantitative estimate of drug-likeness (QED) is 0.619. The molecule has 0 spiro atoms. The molecular weight excluding hydrogens is 431 g/mol. The van der Waals surface area contributed by atoms with Crippen molar-refractivity contribution < 1.29 is 4.79 Å². The topological polar surface area (TPSA) is 48.5 Å². The molecule has 1 aromatic heterocycles. The van der Waals surface area contributed by atoms with E-state index in [0.717, 1.165) is 42.8 Å². The van der Waals surface area contributed by atoms with Gasteiger partial charge in [-0.2, -0.15) is 0 Å². The summed E-state index contributed by atoms with van der Waals surface area (Å²) in [6, 6.07) is 7.91. The number of pyridine rings is 1. The van der Waals surface area contributed by atoms with Gasteiger partial charge in [0.25, 0.3) is 0 Å². The summed E-state index contributed by atoms with van der Waals surface area (Å²) in [4.78, 5) is 21.5. The predicted octanol–water partition coefficient (Wildman–Crippen LogP) is 5.73. The molecule has 1 unspecified atom stereocenters. The first-order valence-electron chi connectivity index (χ1n) is 11.0. The van der Waals surface area contributed by atoms with Gasteiger partial charge in [-0.1, -0.05) is 41.4 Å². The summed E-state index contributed by atoms with van der Waals surface area (Å²) < 4.78 is 0. The minimum absolute atomic E-state index is 0.0874. The number of carbonyl (C=O) groups excluding carboxylic acids is 1. The molecule has 2 amide bonds. The van der Waals surface area contributed by atoms with E-state index in [9.17, 15) is 4.79 Å². The highest BCUT2D eigenvalue weighted by molar-refractivity contribution is 6.44. The van der Waals surface area contributed by atoms with Crippen LogP contribution in [0.5, 0.6) is 0 Å². The smallest absolute Gasteiger partial charge is 0.317 e. The van der Waals surface area contributed by atoms with Crippen LogP contribution in [0.4, 0.5) is 4.79 Å². The maximum Gasteiger partial charge on any atom is 0.317 e. The first-order chi connectivity index (χ1) is 14.8. The number of halogens is 2. The Hall–Kier alpha value is -1.82. The standard InChI is InChI=1S/C24H30Cl2N4O/c1-15(28-24(31)30(3)18-10-12-29(2)13-11-18)19-7-8-20(23(26)22(19)25)21-9-6-17(14-27-21)16-4-5-16/h6-9,14-16,18H,4-5,10-13H2,1-3H3,(H,28,31). The molecule has 4 rings (SSSR count). The third-order valence-electron chi connectivity index (χ3n) is 6.59. The molecule has 2 heterocycles. The summed E-state index contributed by atoms with van der Waals surface area (Å²) in [6.45, 7) is 3.95. The van der Waals surface area contributed by atoms with Crippen molar-refractivity contribution in [2.24, 2.45) is 0 Å². The Kier molecular flexibility index (Phi) is 6.75. The number of amides is 2. The van der Waals surface area contributed by atoms with Gasteiger partial charge in [-0.15, -0.1) is 0 Å². The SMILES string of the molecule is CC(NC(=O)N(C)C1CCN(C)CC1)c1ccc(-c2ccc(C3CC3)cn2)c(Cl)c1Cl. The molecule has 0 bridgehead atoms. The van der Waals surface area contributed by atoms with Crippen LogP contribution in [0.1, 0.15) is 55.7 Å². The Morgan fingerprint density at radius 2 is 1.84 bits per heavy atom. The molecule has 7 heteroatoms. The minimum atomic E-state index is -0.259. The van der Waals surface area contributed by atoms with Crippen LogP contribution in [-0.2, 0) is 0 Å². The number of nitrogens with one attached hydrogen (secondary N) is 1. The molecule has 1 aliphatic carbocycles. The summed E-state index contributed by atoms with van der Waals surface area (Å²) in [5.41, 5.74) is 3.70. The zero-order valence-electron chi connectivity index (χ0n) is 18.4. The van der Waals surface area contributed by atoms with Gasteiger partial charge in [-0.3, -0.25) is 4.98 Å². The summed E-state index contributed by atoms with van der Waals surface area (Å²) in [5, 5.41) is 4.00. The van der Waals surface area contributed by atoms with Gasteiger partial charge in [-0.25, -0.2) is 4.79 Å². The Balaban J connectivity index is 1.45. The highest BCUT2D eigenvalue weighted by atomic mass is 35.5. The largest absolute Gasteiger partial charge is 0.331 e. The van der Waals surface area contributed by atoms with Crippen molar-refractivity contribution >= 4 is 29.2 Å². The molecule has 1 saturated carbocycles. The molecule has 2 aromatic rings. The van der Waals surface area contributed by atoms with E-state index in [4.69, 9.17) is 23.2 Å². The van der Waals surface area contributed by atoms with Gasteiger partial charge in [0.1, 0.15) is 0 Å². The molecule has 0 radical (unpaired) electrons. The van der Waals surface area contributed by atoms with Gasteiger partial charge in [0.2, 0.25) is 0 Å². The van der Waals surface area contributed by atoms with Crippen LogP contribution in [0.25, 0.3) is 11.3 Å². The first kappa shape index (κ1) is 22.4. The van der Waals surface area contributed by atoms with Crippen LogP contribution in [0.2, 0.25) is 10.0 Å². The number of nitrogens with zero attached hydrogens (tertiary/aromatic N) is 3. The second-order valence-corrected chi connectivity index (χ2v) is 9.65. The molecule has 166 valence electrons. The lowest BCUT2D eigenvalue weighted by Crippen LogP contribution is -2.48. The summed E-state index contributed by atoms with van der Waals surface area (Å²) in [5.74, 6) is 0.667. The Morgan fingerprint density at radius 3 is 2.45 bits per heavy atom. The van der Waals surface area contributed by atoms with Crippen molar-refractivity contribution in [1.82, 2.24) is 20.1 Å². The lowest BCUT2D eigenvalue weighted by molar-refractivity contribution is 0.146. The molecule has 1 N–H and O–H groups in total. The van der Waals surface area contributed by atoms with Crippen molar-refractivity contribution in [3.63, 3.8) is 0 Å². The number of carbonyl (C=O) groups is 1. The van der Waals surface area contributed by atoms with Crippen LogP contribution < -0.4 is 5.32 Å². The van der Waals surface area contributed by atoms with E-state index in [2.05, 4.69) is 28.3 Å². The van der Waals surface area contributed by atoms with E-state index in [1.807, 2.05) is 43.3 Å². The zero-order valence-corrected chi connectivity index (χ0v) is 19.9. The fraction of sp³-hybridized carbons (Fsp3) is 0.500. The average Bonchev–Trinajstić information content (AvgIpc) is 3.61. The molecule has 1 aromatic carbocycles. The molecule has 1 atom stereocenters. The lowest BCUT2D eigenvalue weighted by Gasteiger charge is -2.35. The number of urea groups is 1. The minimum Gasteiger partial charge on any atom is -0.331 e. The Bertz CT molecular complexity index is 937. The number of piperidine rings is 1. The number of hydrogen-bond donors (Lipinski definition) is 1. The van der Waals surface area contributed by atoms with Crippen LogP contribution in [-0.4, -0.2) is 54.0 Å². The molecule has 2 aliphatic rings. The fourth-order valence-corrected chi connectivity index (χ4v) is 4.83. The van der Waals surface area contributed by atoms with Gasteiger partial charge in [0.15, 0.2) is 0 Å². The van der Waals surface area contributed by atoms with Crippen molar-refractivity contribution in [2.75, 3.05) is 27.2 Å². The maximum absolute atomic E-state index is 12.8. The third-order valence-corrected chi connectivity index (χ3v) is 7.48. The highest BCUT2D eigenvalue weighted by Crippen LogP contribution is 2.41. The second kappa shape index (κ2) is 9.35. The number of benzene rings is 1. The van der Waals surface area contributed by atoms with E-state index < -0.39 is 0 Å². The van der Waals surface area contributed by atoms with Gasteiger partial charge in [-0.05, 0) is 75.9 Å². The number of rotatable bonds is 5.